The number of aryl methyl sites for hydroxylation is 10. The van der Waals surface area contributed by atoms with E-state index in [1.54, 1.807) is 0 Å². The minimum absolute atomic E-state index is 0.540. The molecule has 0 spiro atoms. The maximum Gasteiger partial charge on any atom is 0.213 e. The van der Waals surface area contributed by atoms with Crippen molar-refractivity contribution >= 4 is 54.5 Å². The van der Waals surface area contributed by atoms with Gasteiger partial charge in [0.2, 0.25) is 56.1 Å². The molecular weight excluding hydrogens is 1210 g/mol. The van der Waals surface area contributed by atoms with E-state index in [1.165, 1.54) is 155 Å². The zero-order valence-electron chi connectivity index (χ0n) is 61.8. The highest BCUT2D eigenvalue weighted by Crippen LogP contribution is 2.31. The Labute approximate surface area is 595 Å². The van der Waals surface area contributed by atoms with E-state index < -0.39 is 0 Å². The van der Waals surface area contributed by atoms with Crippen LogP contribution in [0.2, 0.25) is 0 Å². The molecule has 100 heavy (non-hydrogen) atoms. The molecule has 0 bridgehead atoms. The lowest BCUT2D eigenvalue weighted by Crippen LogP contribution is -2.32. The fourth-order valence-corrected chi connectivity index (χ4v) is 14.4. The Morgan fingerprint density at radius 3 is 0.790 bits per heavy atom. The predicted molar refractivity (Wildman–Crippen MR) is 423 cm³/mol. The number of para-hydroxylation sites is 2. The number of nitrogens with zero attached hydrogens (tertiary/aromatic N) is 5. The average Bonchev–Trinajstić information content (AvgIpc) is 0.817. The van der Waals surface area contributed by atoms with Gasteiger partial charge in [-0.15, -0.1) is 0 Å². The summed E-state index contributed by atoms with van der Waals surface area (Å²) in [5.41, 5.74) is 30.1. The molecule has 0 saturated heterocycles. The van der Waals surface area contributed by atoms with Crippen LogP contribution in [0.1, 0.15) is 97.9 Å². The first-order valence-corrected chi connectivity index (χ1v) is 35.6. The first-order valence-electron chi connectivity index (χ1n) is 35.6. The largest absolute Gasteiger partial charge is 0.213 e. The van der Waals surface area contributed by atoms with E-state index in [2.05, 4.69) is 419 Å². The Kier molecular flexibility index (Phi) is 22.5. The zero-order valence-corrected chi connectivity index (χ0v) is 61.8. The smallest absolute Gasteiger partial charge is 0.194 e. The van der Waals surface area contributed by atoms with Crippen molar-refractivity contribution in [3.8, 4) is 56.3 Å². The summed E-state index contributed by atoms with van der Waals surface area (Å²) in [4.78, 5) is 0. The number of aromatic nitrogens is 5. The quantitative estimate of drug-likeness (QED) is 0.128. The van der Waals surface area contributed by atoms with Gasteiger partial charge < -0.3 is 0 Å². The highest BCUT2D eigenvalue weighted by molar-refractivity contribution is 5.85. The van der Waals surface area contributed by atoms with Crippen molar-refractivity contribution in [2.45, 2.75) is 94.4 Å². The molecule has 0 saturated carbocycles. The summed E-state index contributed by atoms with van der Waals surface area (Å²) >= 11 is 0. The van der Waals surface area contributed by atoms with Crippen molar-refractivity contribution in [3.05, 3.63) is 330 Å². The van der Waals surface area contributed by atoms with E-state index in [9.17, 15) is 0 Å². The maximum absolute atomic E-state index is 2.32. The lowest BCUT2D eigenvalue weighted by molar-refractivity contribution is -0.633. The molecule has 10 aromatic carbocycles. The van der Waals surface area contributed by atoms with Gasteiger partial charge >= 0.3 is 0 Å². The fraction of sp³-hybridized carbons (Fsp3) is 0.211. The zero-order chi connectivity index (χ0) is 70.7. The van der Waals surface area contributed by atoms with Crippen molar-refractivity contribution in [1.29, 1.82) is 0 Å². The van der Waals surface area contributed by atoms with Crippen molar-refractivity contribution in [2.75, 3.05) is 0 Å². The van der Waals surface area contributed by atoms with E-state index in [0.717, 1.165) is 6.42 Å². The van der Waals surface area contributed by atoms with Crippen molar-refractivity contribution in [3.63, 3.8) is 0 Å². The molecule has 0 N–H and O–H groups in total. The van der Waals surface area contributed by atoms with Crippen LogP contribution in [0.5, 0.6) is 0 Å². The van der Waals surface area contributed by atoms with E-state index in [1.807, 2.05) is 0 Å². The van der Waals surface area contributed by atoms with Gasteiger partial charge in [-0.2, -0.15) is 22.8 Å². The second-order valence-electron chi connectivity index (χ2n) is 27.9. The molecule has 0 unspecified atom stereocenters. The average molecular weight is 1310 g/mol. The summed E-state index contributed by atoms with van der Waals surface area (Å²) in [6.45, 7) is 24.4. The van der Waals surface area contributed by atoms with Gasteiger partial charge in [0.1, 0.15) is 35.2 Å². The SMILES string of the molecule is Cc1ccccc1-c1ccc2c(C(C)C)cccc2[n+]1C.Cc1ccccc1-c1ccc2c(C(C)C)cccc2[n+]1C.Cc1ccccc1-c1ccc2c(CC(C)C)cccc2[n+]1C.Cc1ccccc1-c1ccc2ccccc2[n+]1C.Cc1ccccc1-c1ccc2ccccc2[n+]1C. The number of hydrogen-bond acceptors (Lipinski definition) is 0. The Morgan fingerprint density at radius 1 is 0.230 bits per heavy atom. The maximum atomic E-state index is 2.32. The van der Waals surface area contributed by atoms with Gasteiger partial charge in [0, 0.05) is 115 Å². The van der Waals surface area contributed by atoms with Gasteiger partial charge in [-0.05, 0) is 176 Å². The molecule has 5 aromatic heterocycles. The number of pyridine rings is 5. The van der Waals surface area contributed by atoms with Crippen LogP contribution in [0, 0.1) is 40.5 Å². The molecular formula is C95H100N5+5. The monoisotopic (exact) mass is 1310 g/mol. The second-order valence-corrected chi connectivity index (χ2v) is 27.9. The second kappa shape index (κ2) is 31.8. The lowest BCUT2D eigenvalue weighted by Gasteiger charge is -2.11. The normalized spacial score (nSPS) is 11.1. The molecule has 0 aliphatic carbocycles. The third-order valence-corrected chi connectivity index (χ3v) is 19.9. The van der Waals surface area contributed by atoms with E-state index in [4.69, 9.17) is 0 Å². The van der Waals surface area contributed by atoms with Gasteiger partial charge in [-0.25, -0.2) is 0 Å². The first kappa shape index (κ1) is 70.6. The summed E-state index contributed by atoms with van der Waals surface area (Å²) in [6.07, 6.45) is 1.13. The summed E-state index contributed by atoms with van der Waals surface area (Å²) in [6, 6.07) is 102. The number of benzene rings is 10. The molecule has 0 amide bonds. The van der Waals surface area contributed by atoms with E-state index >= 15 is 0 Å². The molecule has 15 aromatic rings. The molecule has 0 fully saturated rings. The Hall–Kier alpha value is -10.8. The molecule has 5 nitrogen and oxygen atoms in total. The molecule has 0 atom stereocenters. The third kappa shape index (κ3) is 15.4. The van der Waals surface area contributed by atoms with Crippen LogP contribution in [0.25, 0.3) is 111 Å². The van der Waals surface area contributed by atoms with Gasteiger partial charge in [0.15, 0.2) is 0 Å². The van der Waals surface area contributed by atoms with Crippen molar-refractivity contribution in [1.82, 2.24) is 0 Å². The van der Waals surface area contributed by atoms with Crippen molar-refractivity contribution < 1.29 is 22.8 Å². The van der Waals surface area contributed by atoms with Gasteiger partial charge in [-0.3, -0.25) is 0 Å². The lowest BCUT2D eigenvalue weighted by atomic mass is 9.96. The van der Waals surface area contributed by atoms with Crippen LogP contribution >= 0.6 is 0 Å². The predicted octanol–water partition coefficient (Wildman–Crippen LogP) is 21.6. The summed E-state index contributed by atoms with van der Waals surface area (Å²) in [5, 5.41) is 6.63. The molecule has 500 valence electrons. The van der Waals surface area contributed by atoms with E-state index in [0.29, 0.717) is 17.8 Å². The van der Waals surface area contributed by atoms with Crippen LogP contribution in [0.4, 0.5) is 0 Å². The Balaban J connectivity index is 0.000000126. The Morgan fingerprint density at radius 2 is 0.480 bits per heavy atom. The molecule has 0 aliphatic heterocycles. The van der Waals surface area contributed by atoms with Crippen molar-refractivity contribution in [2.24, 2.45) is 41.2 Å². The highest BCUT2D eigenvalue weighted by Gasteiger charge is 2.22. The standard InChI is InChI=1S/C21H24N.2C20H22N.2C17H16N/c1-15(2)14-17-9-7-11-20-19(17)12-13-21(22(20)4)18-10-6-5-8-16(18)3;2*1-14(2)16-10-7-11-19-18(16)12-13-20(21(19)4)17-9-6-5-8-15(17)3;2*1-13-7-3-5-9-15(13)17-12-11-14-8-4-6-10-16(14)18(17)2/h5-13,15H,14H2,1-4H3;2*5-14H,1-4H3;2*3-12H,1-2H3/q5*+1. The van der Waals surface area contributed by atoms with Gasteiger partial charge in [0.05, 0.1) is 0 Å². The summed E-state index contributed by atoms with van der Waals surface area (Å²) in [7, 11) is 10.7. The van der Waals surface area contributed by atoms with Gasteiger partial charge in [-0.1, -0.05) is 193 Å². The number of fused-ring (bicyclic) bond motifs is 5. The van der Waals surface area contributed by atoms with E-state index in [-0.39, 0.29) is 0 Å². The van der Waals surface area contributed by atoms with Crippen LogP contribution in [0.3, 0.4) is 0 Å². The van der Waals surface area contributed by atoms with Crippen LogP contribution in [-0.2, 0) is 41.7 Å². The molecule has 0 aliphatic rings. The van der Waals surface area contributed by atoms with Gasteiger partial charge in [0.25, 0.3) is 0 Å². The molecule has 5 heteroatoms. The first-order chi connectivity index (χ1) is 48.3. The number of hydrogen-bond donors (Lipinski definition) is 0. The topological polar surface area (TPSA) is 19.4 Å². The number of rotatable bonds is 9. The molecule has 0 radical (unpaired) electrons. The van der Waals surface area contributed by atoms with Crippen LogP contribution < -0.4 is 22.8 Å². The Bertz CT molecular complexity index is 5140. The minimum Gasteiger partial charge on any atom is -0.194 e. The van der Waals surface area contributed by atoms with Crippen LogP contribution in [-0.4, -0.2) is 0 Å². The minimum atomic E-state index is 0.540. The molecule has 15 rings (SSSR count). The summed E-state index contributed by atoms with van der Waals surface area (Å²) in [5.74, 6) is 1.75. The fourth-order valence-electron chi connectivity index (χ4n) is 14.4. The highest BCUT2D eigenvalue weighted by atomic mass is 15.0. The van der Waals surface area contributed by atoms with Crippen LogP contribution in [0.15, 0.2) is 285 Å². The molecule has 5 heterocycles. The third-order valence-electron chi connectivity index (χ3n) is 19.9. The summed E-state index contributed by atoms with van der Waals surface area (Å²) < 4.78 is 11.5.